The lowest BCUT2D eigenvalue weighted by Gasteiger charge is -2.13. The first-order valence-electron chi connectivity index (χ1n) is 8.22. The summed E-state index contributed by atoms with van der Waals surface area (Å²) in [6.07, 6.45) is 0.474. The Morgan fingerprint density at radius 2 is 1.46 bits per heavy atom. The van der Waals surface area contributed by atoms with Gasteiger partial charge in [-0.15, -0.1) is 12.4 Å². The van der Waals surface area contributed by atoms with Gasteiger partial charge in [-0.05, 0) is 50.1 Å². The summed E-state index contributed by atoms with van der Waals surface area (Å²) in [4.78, 5) is 23.8. The van der Waals surface area contributed by atoms with Crippen molar-refractivity contribution in [1.82, 2.24) is 5.32 Å². The highest BCUT2D eigenvalue weighted by Crippen LogP contribution is 2.14. The largest absolute Gasteiger partial charge is 0.336 e. The van der Waals surface area contributed by atoms with Gasteiger partial charge in [-0.25, -0.2) is 4.79 Å². The summed E-state index contributed by atoms with van der Waals surface area (Å²) < 4.78 is 0. The second-order valence-electron chi connectivity index (χ2n) is 6.12. The molecule has 0 heterocycles. The number of hydrogen-bond acceptors (Lipinski definition) is 3. The first kappa shape index (κ1) is 21.5. The fourth-order valence-corrected chi connectivity index (χ4v) is 2.26. The average Bonchev–Trinajstić information content (AvgIpc) is 2.56. The lowest BCUT2D eigenvalue weighted by atomic mass is 10.1. The van der Waals surface area contributed by atoms with Crippen molar-refractivity contribution in [3.63, 3.8) is 0 Å². The first-order valence-corrected chi connectivity index (χ1v) is 8.22. The number of rotatable bonds is 6. The highest BCUT2D eigenvalue weighted by molar-refractivity contribution is 5.95. The molecule has 0 saturated carbocycles. The summed E-state index contributed by atoms with van der Waals surface area (Å²) >= 11 is 0. The molecule has 0 radical (unpaired) electrons. The summed E-state index contributed by atoms with van der Waals surface area (Å²) in [7, 11) is 0. The molecule has 0 unspecified atom stereocenters. The zero-order valence-corrected chi connectivity index (χ0v) is 15.7. The predicted molar refractivity (Wildman–Crippen MR) is 108 cm³/mol. The SMILES string of the molecule is CC(C)NC(=O)Nc1ccc(NC(=O)[C@@H](N)Cc2ccccc2)cc1.Cl. The fraction of sp³-hybridized carbons (Fsp3) is 0.263. The molecular weight excluding hydrogens is 352 g/mol. The molecule has 0 aliphatic carbocycles. The van der Waals surface area contributed by atoms with Crippen LogP contribution in [0.3, 0.4) is 0 Å². The Morgan fingerprint density at radius 3 is 2.00 bits per heavy atom. The molecule has 2 aromatic carbocycles. The van der Waals surface area contributed by atoms with Gasteiger partial charge in [-0.3, -0.25) is 4.79 Å². The van der Waals surface area contributed by atoms with Crippen molar-refractivity contribution < 1.29 is 9.59 Å². The number of carbonyl (C=O) groups is 2. The van der Waals surface area contributed by atoms with Crippen molar-refractivity contribution in [2.45, 2.75) is 32.4 Å². The first-order chi connectivity index (χ1) is 11.9. The van der Waals surface area contributed by atoms with Crippen LogP contribution in [0.5, 0.6) is 0 Å². The summed E-state index contributed by atoms with van der Waals surface area (Å²) in [6.45, 7) is 3.77. The molecule has 1 atom stereocenters. The predicted octanol–water partition coefficient (Wildman–Crippen LogP) is 3.15. The van der Waals surface area contributed by atoms with E-state index in [1.165, 1.54) is 0 Å². The maximum Gasteiger partial charge on any atom is 0.319 e. The molecule has 0 aliphatic heterocycles. The van der Waals surface area contributed by atoms with E-state index in [4.69, 9.17) is 5.73 Å². The van der Waals surface area contributed by atoms with E-state index in [9.17, 15) is 9.59 Å². The molecule has 3 amide bonds. The highest BCUT2D eigenvalue weighted by Gasteiger charge is 2.14. The Labute approximate surface area is 160 Å². The Balaban J connectivity index is 0.00000338. The quantitative estimate of drug-likeness (QED) is 0.623. The molecule has 0 aliphatic rings. The zero-order valence-electron chi connectivity index (χ0n) is 14.9. The molecule has 0 bridgehead atoms. The molecule has 6 nitrogen and oxygen atoms in total. The summed E-state index contributed by atoms with van der Waals surface area (Å²) in [5.41, 5.74) is 8.25. The van der Waals surface area contributed by atoms with Crippen LogP contribution in [0.2, 0.25) is 0 Å². The number of nitrogens with two attached hydrogens (primary N) is 1. The Morgan fingerprint density at radius 1 is 0.923 bits per heavy atom. The van der Waals surface area contributed by atoms with E-state index in [0.717, 1.165) is 5.56 Å². The number of benzene rings is 2. The molecule has 7 heteroatoms. The Kier molecular flexibility index (Phi) is 8.61. The summed E-state index contributed by atoms with van der Waals surface area (Å²) in [6, 6.07) is 15.7. The van der Waals surface area contributed by atoms with Crippen LogP contribution in [0.25, 0.3) is 0 Å². The molecule has 2 aromatic rings. The van der Waals surface area contributed by atoms with Gasteiger partial charge >= 0.3 is 6.03 Å². The van der Waals surface area contributed by atoms with E-state index in [1.807, 2.05) is 44.2 Å². The van der Waals surface area contributed by atoms with Crippen LogP contribution in [0, 0.1) is 0 Å². The monoisotopic (exact) mass is 376 g/mol. The molecule has 2 rings (SSSR count). The van der Waals surface area contributed by atoms with E-state index >= 15 is 0 Å². The second-order valence-corrected chi connectivity index (χ2v) is 6.12. The topological polar surface area (TPSA) is 96.2 Å². The van der Waals surface area contributed by atoms with Crippen molar-refractivity contribution in [3.05, 3.63) is 60.2 Å². The minimum Gasteiger partial charge on any atom is -0.336 e. The van der Waals surface area contributed by atoms with Crippen LogP contribution in [0.15, 0.2) is 54.6 Å². The van der Waals surface area contributed by atoms with Crippen LogP contribution < -0.4 is 21.7 Å². The second kappa shape index (κ2) is 10.4. The normalized spacial score (nSPS) is 11.2. The van der Waals surface area contributed by atoms with Crippen LogP contribution in [0.4, 0.5) is 16.2 Å². The Hall–Kier alpha value is -2.57. The van der Waals surface area contributed by atoms with E-state index < -0.39 is 6.04 Å². The number of nitrogens with one attached hydrogen (secondary N) is 3. The van der Waals surface area contributed by atoms with Crippen LogP contribution in [-0.2, 0) is 11.2 Å². The van der Waals surface area contributed by atoms with Crippen molar-refractivity contribution in [2.24, 2.45) is 5.73 Å². The summed E-state index contributed by atoms with van der Waals surface area (Å²) in [5, 5.41) is 8.24. The van der Waals surface area contributed by atoms with Gasteiger partial charge in [-0.2, -0.15) is 0 Å². The van der Waals surface area contributed by atoms with Gasteiger partial charge in [0.1, 0.15) is 0 Å². The molecule has 0 fully saturated rings. The molecule has 26 heavy (non-hydrogen) atoms. The maximum atomic E-state index is 12.2. The van der Waals surface area contributed by atoms with Gasteiger partial charge in [-0.1, -0.05) is 30.3 Å². The fourth-order valence-electron chi connectivity index (χ4n) is 2.26. The van der Waals surface area contributed by atoms with E-state index in [2.05, 4.69) is 16.0 Å². The van der Waals surface area contributed by atoms with Crippen molar-refractivity contribution in [2.75, 3.05) is 10.6 Å². The van der Waals surface area contributed by atoms with Crippen LogP contribution in [0.1, 0.15) is 19.4 Å². The number of carbonyl (C=O) groups excluding carboxylic acids is 2. The number of hydrogen-bond donors (Lipinski definition) is 4. The van der Waals surface area contributed by atoms with Crippen molar-refractivity contribution in [1.29, 1.82) is 0 Å². The van der Waals surface area contributed by atoms with Gasteiger partial charge in [0, 0.05) is 17.4 Å². The standard InChI is InChI=1S/C19H24N4O2.ClH/c1-13(2)21-19(25)23-16-10-8-15(9-11-16)22-18(24)17(20)12-14-6-4-3-5-7-14;/h3-11,13,17H,12,20H2,1-2H3,(H,22,24)(H2,21,23,25);1H/t17-;/m0./s1. The lowest BCUT2D eigenvalue weighted by molar-refractivity contribution is -0.117. The summed E-state index contributed by atoms with van der Waals surface area (Å²) in [5.74, 6) is -0.248. The highest BCUT2D eigenvalue weighted by atomic mass is 35.5. The lowest BCUT2D eigenvalue weighted by Crippen LogP contribution is -2.37. The third-order valence-electron chi connectivity index (χ3n) is 3.47. The molecule has 140 valence electrons. The van der Waals surface area contributed by atoms with E-state index in [1.54, 1.807) is 24.3 Å². The third kappa shape index (κ3) is 7.13. The zero-order chi connectivity index (χ0) is 18.2. The molecule has 5 N–H and O–H groups in total. The maximum absolute atomic E-state index is 12.2. The molecule has 0 spiro atoms. The molecule has 0 saturated heterocycles. The molecule has 0 aromatic heterocycles. The Bertz CT molecular complexity index is 705. The number of amides is 3. The van der Waals surface area contributed by atoms with Gasteiger partial charge in [0.2, 0.25) is 5.91 Å². The van der Waals surface area contributed by atoms with Crippen molar-refractivity contribution in [3.8, 4) is 0 Å². The van der Waals surface area contributed by atoms with Gasteiger partial charge in [0.15, 0.2) is 0 Å². The van der Waals surface area contributed by atoms with Gasteiger partial charge in [0.05, 0.1) is 6.04 Å². The smallest absolute Gasteiger partial charge is 0.319 e. The minimum atomic E-state index is -0.628. The average molecular weight is 377 g/mol. The third-order valence-corrected chi connectivity index (χ3v) is 3.47. The number of anilines is 2. The number of halogens is 1. The van der Waals surface area contributed by atoms with Crippen LogP contribution in [-0.4, -0.2) is 24.0 Å². The minimum absolute atomic E-state index is 0. The van der Waals surface area contributed by atoms with Gasteiger partial charge < -0.3 is 21.7 Å². The van der Waals surface area contributed by atoms with E-state index in [-0.39, 0.29) is 30.4 Å². The van der Waals surface area contributed by atoms with Gasteiger partial charge in [0.25, 0.3) is 0 Å². The van der Waals surface area contributed by atoms with E-state index in [0.29, 0.717) is 17.8 Å². The van der Waals surface area contributed by atoms with Crippen LogP contribution >= 0.6 is 12.4 Å². The van der Waals surface area contributed by atoms with Crippen molar-refractivity contribution >= 4 is 35.7 Å². The molecular formula is C19H25ClN4O2. The number of urea groups is 1.